The van der Waals surface area contributed by atoms with Crippen LogP contribution in [0.2, 0.25) is 0 Å². The van der Waals surface area contributed by atoms with Gasteiger partial charge in [-0.1, -0.05) is 61.9 Å². The molecule has 3 aromatic rings. The van der Waals surface area contributed by atoms with E-state index in [9.17, 15) is 19.5 Å². The number of ether oxygens (including phenoxy) is 1. The Morgan fingerprint density at radius 3 is 2.09 bits per heavy atom. The van der Waals surface area contributed by atoms with Crippen LogP contribution in [0.1, 0.15) is 47.9 Å². The molecular weight excluding hydrogens is 442 g/mol. The number of rotatable bonds is 6. The number of aliphatic carboxylic acids is 1. The van der Waals surface area contributed by atoms with Crippen LogP contribution in [0.5, 0.6) is 5.75 Å². The number of benzene rings is 3. The summed E-state index contributed by atoms with van der Waals surface area (Å²) in [6, 6.07) is 21.6. The Kier molecular flexibility index (Phi) is 4.81. The standard InChI is InChI=1S/C29H25NO5/c1-2-3-16-35-18-14-12-17(13-15-18)30-26(31)24-23-19-8-4-6-10-21(19)29(28(33)34,25(24)27(30)32)22-11-7-5-9-20(22)23/h4-15,23-25H,2-3,16H2,1H3,(H,33,34)/t23?,24-,25-,29?/m0/s1. The summed E-state index contributed by atoms with van der Waals surface area (Å²) < 4.78 is 5.72. The number of imide groups is 1. The van der Waals surface area contributed by atoms with E-state index in [1.165, 1.54) is 4.90 Å². The van der Waals surface area contributed by atoms with Crippen molar-refractivity contribution in [2.45, 2.75) is 31.1 Å². The lowest BCUT2D eigenvalue weighted by atomic mass is 9.47. The summed E-state index contributed by atoms with van der Waals surface area (Å²) in [5.41, 5.74) is 1.68. The van der Waals surface area contributed by atoms with Crippen LogP contribution >= 0.6 is 0 Å². The lowest BCUT2D eigenvalue weighted by Gasteiger charge is -2.51. The smallest absolute Gasteiger partial charge is 0.319 e. The second-order valence-corrected chi connectivity index (χ2v) is 9.48. The van der Waals surface area contributed by atoms with E-state index >= 15 is 0 Å². The molecule has 7 rings (SSSR count). The summed E-state index contributed by atoms with van der Waals surface area (Å²) in [5, 5.41) is 10.8. The summed E-state index contributed by atoms with van der Waals surface area (Å²) in [5.74, 6) is -3.40. The number of carbonyl (C=O) groups is 3. The number of carbonyl (C=O) groups excluding carboxylic acids is 2. The van der Waals surface area contributed by atoms with Crippen molar-refractivity contribution in [1.29, 1.82) is 0 Å². The Bertz CT molecular complexity index is 1310. The first-order chi connectivity index (χ1) is 17.0. The molecule has 3 aliphatic carbocycles. The molecule has 1 N–H and O–H groups in total. The fourth-order valence-electron chi connectivity index (χ4n) is 6.42. The van der Waals surface area contributed by atoms with Crippen molar-refractivity contribution >= 4 is 23.5 Å². The van der Waals surface area contributed by atoms with Crippen molar-refractivity contribution < 1.29 is 24.2 Å². The van der Waals surface area contributed by atoms with Gasteiger partial charge in [0, 0.05) is 5.92 Å². The van der Waals surface area contributed by atoms with Crippen LogP contribution in [-0.2, 0) is 19.8 Å². The fourth-order valence-corrected chi connectivity index (χ4v) is 6.42. The number of hydrogen-bond acceptors (Lipinski definition) is 4. The number of nitrogens with zero attached hydrogens (tertiary/aromatic N) is 1. The SMILES string of the molecule is CCCCOc1ccc(N2C(=O)[C@@H]3[C@@H](C2=O)C2c4ccccc4C3(C(=O)O)c3ccccc32)cc1. The lowest BCUT2D eigenvalue weighted by molar-refractivity contribution is -0.149. The van der Waals surface area contributed by atoms with Gasteiger partial charge < -0.3 is 9.84 Å². The molecule has 1 fully saturated rings. The quantitative estimate of drug-likeness (QED) is 0.426. The predicted octanol–water partition coefficient (Wildman–Crippen LogP) is 4.50. The number of unbranched alkanes of at least 4 members (excludes halogenated alkanes) is 1. The molecule has 1 heterocycles. The molecule has 176 valence electrons. The van der Waals surface area contributed by atoms with Crippen molar-refractivity contribution in [2.24, 2.45) is 11.8 Å². The maximum absolute atomic E-state index is 14.0. The molecule has 1 saturated heterocycles. The van der Waals surface area contributed by atoms with Gasteiger partial charge in [0.05, 0.1) is 24.1 Å². The second kappa shape index (κ2) is 7.80. The third-order valence-corrected chi connectivity index (χ3v) is 7.82. The predicted molar refractivity (Wildman–Crippen MR) is 129 cm³/mol. The molecule has 0 saturated carbocycles. The highest BCUT2D eigenvalue weighted by molar-refractivity contribution is 6.25. The van der Waals surface area contributed by atoms with E-state index < -0.39 is 29.1 Å². The van der Waals surface area contributed by atoms with Gasteiger partial charge in [0.15, 0.2) is 0 Å². The Morgan fingerprint density at radius 2 is 1.51 bits per heavy atom. The molecule has 0 unspecified atom stereocenters. The highest BCUT2D eigenvalue weighted by Crippen LogP contribution is 2.64. The van der Waals surface area contributed by atoms with E-state index in [-0.39, 0.29) is 11.8 Å². The maximum Gasteiger partial charge on any atom is 0.319 e. The summed E-state index contributed by atoms with van der Waals surface area (Å²) >= 11 is 0. The summed E-state index contributed by atoms with van der Waals surface area (Å²) in [4.78, 5) is 42.2. The zero-order valence-corrected chi connectivity index (χ0v) is 19.3. The Balaban J connectivity index is 1.49. The zero-order valence-electron chi connectivity index (χ0n) is 19.3. The van der Waals surface area contributed by atoms with Crippen molar-refractivity contribution in [1.82, 2.24) is 0 Å². The first-order valence-electron chi connectivity index (χ1n) is 12.0. The molecule has 35 heavy (non-hydrogen) atoms. The molecule has 0 aromatic heterocycles. The van der Waals surface area contributed by atoms with Crippen LogP contribution in [0.4, 0.5) is 5.69 Å². The van der Waals surface area contributed by atoms with Gasteiger partial charge in [-0.2, -0.15) is 0 Å². The Hall–Kier alpha value is -3.93. The molecular formula is C29H25NO5. The maximum atomic E-state index is 14.0. The molecule has 0 radical (unpaired) electrons. The van der Waals surface area contributed by atoms with Crippen molar-refractivity contribution in [3.63, 3.8) is 0 Å². The minimum absolute atomic E-state index is 0.348. The number of amides is 2. The highest BCUT2D eigenvalue weighted by Gasteiger charge is 2.71. The second-order valence-electron chi connectivity index (χ2n) is 9.48. The van der Waals surface area contributed by atoms with Gasteiger partial charge >= 0.3 is 5.97 Å². The van der Waals surface area contributed by atoms with E-state index in [4.69, 9.17) is 4.74 Å². The van der Waals surface area contributed by atoms with Gasteiger partial charge in [-0.3, -0.25) is 14.4 Å². The Labute approximate surface area is 203 Å². The summed E-state index contributed by atoms with van der Waals surface area (Å²) in [6.45, 7) is 2.69. The van der Waals surface area contributed by atoms with Gasteiger partial charge in [-0.15, -0.1) is 0 Å². The number of anilines is 1. The third kappa shape index (κ3) is 2.74. The fraction of sp³-hybridized carbons (Fsp3) is 0.276. The topological polar surface area (TPSA) is 83.9 Å². The van der Waals surface area contributed by atoms with Crippen molar-refractivity contribution in [2.75, 3.05) is 11.5 Å². The zero-order chi connectivity index (χ0) is 24.3. The molecule has 1 aliphatic heterocycles. The number of carboxylic acids is 1. The minimum Gasteiger partial charge on any atom is -0.494 e. The summed E-state index contributed by atoms with van der Waals surface area (Å²) in [7, 11) is 0. The van der Waals surface area contributed by atoms with Gasteiger partial charge in [-0.25, -0.2) is 4.90 Å². The molecule has 6 heteroatoms. The van der Waals surface area contributed by atoms with Crippen LogP contribution in [-0.4, -0.2) is 29.5 Å². The van der Waals surface area contributed by atoms with Crippen molar-refractivity contribution in [3.05, 3.63) is 95.1 Å². The molecule has 2 bridgehead atoms. The van der Waals surface area contributed by atoms with Gasteiger partial charge in [0.25, 0.3) is 0 Å². The van der Waals surface area contributed by atoms with Gasteiger partial charge in [-0.05, 0) is 52.9 Å². The molecule has 2 amide bonds. The molecule has 3 aromatic carbocycles. The van der Waals surface area contributed by atoms with E-state index in [1.54, 1.807) is 48.5 Å². The molecule has 2 atom stereocenters. The molecule has 0 spiro atoms. The number of hydrogen-bond donors (Lipinski definition) is 1. The van der Waals surface area contributed by atoms with Crippen molar-refractivity contribution in [3.8, 4) is 5.75 Å². The van der Waals surface area contributed by atoms with Crippen LogP contribution in [0.25, 0.3) is 0 Å². The van der Waals surface area contributed by atoms with E-state index in [1.807, 2.05) is 24.3 Å². The van der Waals surface area contributed by atoms with E-state index in [0.29, 0.717) is 29.2 Å². The Morgan fingerprint density at radius 1 is 0.914 bits per heavy atom. The highest BCUT2D eigenvalue weighted by atomic mass is 16.5. The monoisotopic (exact) mass is 467 g/mol. The first kappa shape index (κ1) is 21.6. The van der Waals surface area contributed by atoms with Gasteiger partial charge in [0.2, 0.25) is 11.8 Å². The average Bonchev–Trinajstić information content (AvgIpc) is 3.15. The normalized spacial score (nSPS) is 25.7. The van der Waals surface area contributed by atoms with Crippen LogP contribution in [0.15, 0.2) is 72.8 Å². The van der Waals surface area contributed by atoms with E-state index in [0.717, 1.165) is 24.0 Å². The lowest BCUT2D eigenvalue weighted by Crippen LogP contribution is -2.57. The van der Waals surface area contributed by atoms with E-state index in [2.05, 4.69) is 6.92 Å². The van der Waals surface area contributed by atoms with Crippen LogP contribution in [0, 0.1) is 11.8 Å². The minimum atomic E-state index is -1.61. The average molecular weight is 468 g/mol. The summed E-state index contributed by atoms with van der Waals surface area (Å²) in [6.07, 6.45) is 1.96. The molecule has 4 aliphatic rings. The van der Waals surface area contributed by atoms with Crippen LogP contribution < -0.4 is 9.64 Å². The molecule has 6 nitrogen and oxygen atoms in total. The number of carboxylic acid groups (broad SMARTS) is 1. The first-order valence-corrected chi connectivity index (χ1v) is 12.0. The largest absolute Gasteiger partial charge is 0.494 e. The van der Waals surface area contributed by atoms with Crippen LogP contribution in [0.3, 0.4) is 0 Å². The third-order valence-electron chi connectivity index (χ3n) is 7.82. The van der Waals surface area contributed by atoms with Gasteiger partial charge in [0.1, 0.15) is 11.2 Å².